The number of fused-ring (bicyclic) bond motifs is 1. The van der Waals surface area contributed by atoms with Crippen LogP contribution in [0.25, 0.3) is 22.3 Å². The Bertz CT molecular complexity index is 1210. The number of H-pyrrole nitrogens is 1. The Hall–Kier alpha value is -2.93. The molecule has 0 aliphatic rings. The number of halogens is 1. The number of hydrogen-bond donors (Lipinski definition) is 1. The van der Waals surface area contributed by atoms with Gasteiger partial charge in [0.2, 0.25) is 5.16 Å². The van der Waals surface area contributed by atoms with Crippen molar-refractivity contribution in [2.24, 2.45) is 0 Å². The number of carbonyl (C=O) groups is 1. The van der Waals surface area contributed by atoms with Crippen LogP contribution in [-0.2, 0) is 6.54 Å². The Labute approximate surface area is 178 Å². The topological polar surface area (TPSA) is 63.6 Å². The van der Waals surface area contributed by atoms with Crippen LogP contribution in [0.1, 0.15) is 36.3 Å². The molecule has 0 fully saturated rings. The number of aromatic amines is 1. The number of benzene rings is 2. The molecule has 5 nitrogen and oxygen atoms in total. The molecule has 154 valence electrons. The Morgan fingerprint density at radius 2 is 1.93 bits per heavy atom. The van der Waals surface area contributed by atoms with Crippen LogP contribution in [0.2, 0.25) is 0 Å². The second-order valence-corrected chi connectivity index (χ2v) is 8.51. The summed E-state index contributed by atoms with van der Waals surface area (Å²) in [6.07, 6.45) is 0.994. The highest BCUT2D eigenvalue weighted by atomic mass is 32.2. The normalized spacial score (nSPS) is 12.4. The Morgan fingerprint density at radius 1 is 1.20 bits per heavy atom. The zero-order chi connectivity index (χ0) is 21.3. The minimum atomic E-state index is -0.381. The number of aryl methyl sites for hydroxylation is 1. The summed E-state index contributed by atoms with van der Waals surface area (Å²) < 4.78 is 16.2. The predicted molar refractivity (Wildman–Crippen MR) is 118 cm³/mol. The van der Waals surface area contributed by atoms with E-state index in [1.807, 2.05) is 32.0 Å². The van der Waals surface area contributed by atoms with Crippen molar-refractivity contribution >= 4 is 28.4 Å². The summed E-state index contributed by atoms with van der Waals surface area (Å²) in [6, 6.07) is 14.4. The van der Waals surface area contributed by atoms with Gasteiger partial charge in [-0.2, -0.15) is 0 Å². The summed E-state index contributed by atoms with van der Waals surface area (Å²) in [5.41, 5.74) is 3.17. The third kappa shape index (κ3) is 3.65. The number of nitrogens with zero attached hydrogens (tertiary/aromatic N) is 3. The number of carbonyl (C=O) groups excluding carboxylic acids is 1. The van der Waals surface area contributed by atoms with Crippen LogP contribution in [-0.4, -0.2) is 30.8 Å². The Balaban J connectivity index is 1.61. The van der Waals surface area contributed by atoms with Crippen LogP contribution in [0.5, 0.6) is 0 Å². The van der Waals surface area contributed by atoms with Crippen LogP contribution in [0.3, 0.4) is 0 Å². The van der Waals surface area contributed by atoms with Gasteiger partial charge in [-0.25, -0.2) is 9.37 Å². The van der Waals surface area contributed by atoms with Crippen molar-refractivity contribution < 1.29 is 9.18 Å². The molecule has 1 N–H and O–H groups in total. The average Bonchev–Trinajstić information content (AvgIpc) is 3.31. The minimum Gasteiger partial charge on any atom is -0.344 e. The molecule has 2 heterocycles. The largest absolute Gasteiger partial charge is 0.344 e. The number of ketones is 1. The lowest BCUT2D eigenvalue weighted by atomic mass is 10.0. The lowest BCUT2D eigenvalue weighted by Crippen LogP contribution is -2.15. The van der Waals surface area contributed by atoms with Gasteiger partial charge >= 0.3 is 0 Å². The fourth-order valence-corrected chi connectivity index (χ4v) is 4.52. The van der Waals surface area contributed by atoms with Gasteiger partial charge in [0.25, 0.3) is 0 Å². The van der Waals surface area contributed by atoms with E-state index in [0.717, 1.165) is 35.1 Å². The lowest BCUT2D eigenvalue weighted by molar-refractivity contribution is 0.0994. The van der Waals surface area contributed by atoms with Crippen LogP contribution in [0.15, 0.2) is 53.7 Å². The summed E-state index contributed by atoms with van der Waals surface area (Å²) in [5.74, 6) is 0.0282. The number of para-hydroxylation sites is 1. The van der Waals surface area contributed by atoms with Crippen molar-refractivity contribution in [1.29, 1.82) is 0 Å². The van der Waals surface area contributed by atoms with Crippen molar-refractivity contribution in [3.63, 3.8) is 0 Å². The van der Waals surface area contributed by atoms with Gasteiger partial charge in [-0.15, -0.1) is 5.10 Å². The fraction of sp³-hybridized carbons (Fsp3) is 0.261. The highest BCUT2D eigenvalue weighted by Crippen LogP contribution is 2.31. The first-order chi connectivity index (χ1) is 14.5. The van der Waals surface area contributed by atoms with E-state index in [2.05, 4.69) is 32.7 Å². The maximum Gasteiger partial charge on any atom is 0.209 e. The van der Waals surface area contributed by atoms with E-state index in [1.165, 1.54) is 17.8 Å². The first-order valence-electron chi connectivity index (χ1n) is 9.97. The molecule has 30 heavy (non-hydrogen) atoms. The molecule has 0 aliphatic carbocycles. The molecule has 1 unspecified atom stereocenters. The molecule has 0 amide bonds. The van der Waals surface area contributed by atoms with E-state index < -0.39 is 0 Å². The smallest absolute Gasteiger partial charge is 0.209 e. The van der Waals surface area contributed by atoms with E-state index in [0.29, 0.717) is 16.5 Å². The van der Waals surface area contributed by atoms with E-state index in [4.69, 9.17) is 0 Å². The van der Waals surface area contributed by atoms with Gasteiger partial charge in [0, 0.05) is 28.7 Å². The van der Waals surface area contributed by atoms with Crippen LogP contribution >= 0.6 is 11.8 Å². The zero-order valence-corrected chi connectivity index (χ0v) is 18.0. The third-order valence-corrected chi connectivity index (χ3v) is 6.13. The molecule has 0 bridgehead atoms. The molecule has 0 radical (unpaired) electrons. The van der Waals surface area contributed by atoms with E-state index in [-0.39, 0.29) is 16.9 Å². The van der Waals surface area contributed by atoms with Gasteiger partial charge in [0.15, 0.2) is 11.6 Å². The molecule has 2 aromatic heterocycles. The molecular formula is C23H23FN4OS. The number of rotatable bonds is 7. The van der Waals surface area contributed by atoms with Crippen molar-refractivity contribution in [2.45, 2.75) is 44.1 Å². The highest BCUT2D eigenvalue weighted by Gasteiger charge is 2.25. The first-order valence-corrected chi connectivity index (χ1v) is 10.8. The summed E-state index contributed by atoms with van der Waals surface area (Å²) in [4.78, 5) is 17.7. The Kier molecular flexibility index (Phi) is 5.72. The number of aromatic nitrogens is 4. The third-order valence-electron chi connectivity index (χ3n) is 5.17. The van der Waals surface area contributed by atoms with Gasteiger partial charge in [-0.3, -0.25) is 9.89 Å². The summed E-state index contributed by atoms with van der Waals surface area (Å²) >= 11 is 1.27. The molecule has 7 heteroatoms. The van der Waals surface area contributed by atoms with Gasteiger partial charge in [-0.05, 0) is 38.5 Å². The maximum absolute atomic E-state index is 14.0. The van der Waals surface area contributed by atoms with Gasteiger partial charge in [0.05, 0.1) is 10.8 Å². The zero-order valence-electron chi connectivity index (χ0n) is 17.1. The monoisotopic (exact) mass is 422 g/mol. The minimum absolute atomic E-state index is 0.0424. The van der Waals surface area contributed by atoms with Gasteiger partial charge < -0.3 is 4.57 Å². The van der Waals surface area contributed by atoms with E-state index in [1.54, 1.807) is 18.2 Å². The molecule has 0 spiro atoms. The summed E-state index contributed by atoms with van der Waals surface area (Å²) in [7, 11) is 0. The predicted octanol–water partition coefficient (Wildman–Crippen LogP) is 5.65. The van der Waals surface area contributed by atoms with Gasteiger partial charge in [-0.1, -0.05) is 49.0 Å². The van der Waals surface area contributed by atoms with Crippen LogP contribution in [0, 0.1) is 12.7 Å². The molecule has 0 aliphatic heterocycles. The summed E-state index contributed by atoms with van der Waals surface area (Å²) in [6.45, 7) is 6.86. The number of Topliss-reactive ketones (excluding diaryl/α,β-unsaturated/α-hetero) is 1. The quantitative estimate of drug-likeness (QED) is 0.309. The molecule has 1 atom stereocenters. The molecular weight excluding hydrogens is 399 g/mol. The van der Waals surface area contributed by atoms with Crippen LogP contribution < -0.4 is 0 Å². The van der Waals surface area contributed by atoms with E-state index >= 15 is 0 Å². The second kappa shape index (κ2) is 8.44. The number of nitrogens with one attached hydrogen (secondary N) is 1. The van der Waals surface area contributed by atoms with Crippen molar-refractivity contribution in [2.75, 3.05) is 0 Å². The maximum atomic E-state index is 14.0. The molecule has 0 saturated carbocycles. The molecule has 4 aromatic rings. The van der Waals surface area contributed by atoms with Crippen molar-refractivity contribution in [1.82, 2.24) is 19.7 Å². The SMILES string of the molecule is CCCn1c(C)c(C(=O)C(C)Sc2n[nH]c(-c3ccccc3F)n2)c2ccccc21. The van der Waals surface area contributed by atoms with E-state index in [9.17, 15) is 9.18 Å². The van der Waals surface area contributed by atoms with Gasteiger partial charge in [0.1, 0.15) is 5.82 Å². The number of hydrogen-bond acceptors (Lipinski definition) is 4. The standard InChI is InChI=1S/C23H23FN4OS/c1-4-13-28-14(2)20(17-10-6-8-12-19(17)28)21(29)15(3)30-23-25-22(26-27-23)16-9-5-7-11-18(16)24/h5-12,15H,4,13H2,1-3H3,(H,25,26,27). The lowest BCUT2D eigenvalue weighted by Gasteiger charge is -2.09. The molecule has 0 saturated heterocycles. The second-order valence-electron chi connectivity index (χ2n) is 7.20. The first kappa shape index (κ1) is 20.3. The van der Waals surface area contributed by atoms with Crippen molar-refractivity contribution in [3.05, 3.63) is 65.6 Å². The summed E-state index contributed by atoms with van der Waals surface area (Å²) in [5, 5.41) is 7.96. The molecule has 2 aromatic carbocycles. The highest BCUT2D eigenvalue weighted by molar-refractivity contribution is 8.00. The molecule has 4 rings (SSSR count). The number of thioether (sulfide) groups is 1. The van der Waals surface area contributed by atoms with Crippen molar-refractivity contribution in [3.8, 4) is 11.4 Å². The fourth-order valence-electron chi connectivity index (χ4n) is 3.74. The Morgan fingerprint density at radius 3 is 2.70 bits per heavy atom. The van der Waals surface area contributed by atoms with Crippen LogP contribution in [0.4, 0.5) is 4.39 Å². The average molecular weight is 423 g/mol.